The molecule has 2 aromatic rings. The number of fused-ring (bicyclic) bond motifs is 1. The van der Waals surface area contributed by atoms with E-state index in [1.54, 1.807) is 13.0 Å². The van der Waals surface area contributed by atoms with Gasteiger partial charge >= 0.3 is 5.97 Å². The van der Waals surface area contributed by atoms with Crippen LogP contribution in [0.15, 0.2) is 33.8 Å². The highest BCUT2D eigenvalue weighted by Gasteiger charge is 2.28. The predicted molar refractivity (Wildman–Crippen MR) is 75.5 cm³/mol. The lowest BCUT2D eigenvalue weighted by atomic mass is 10.1. The van der Waals surface area contributed by atoms with Crippen LogP contribution < -0.4 is 4.72 Å². The van der Waals surface area contributed by atoms with Crippen LogP contribution in [0.1, 0.15) is 12.1 Å². The number of carboxylic acid groups (broad SMARTS) is 1. The molecule has 2 atom stereocenters. The van der Waals surface area contributed by atoms with E-state index in [4.69, 9.17) is 9.63 Å². The molecule has 8 nitrogen and oxygen atoms in total. The largest absolute Gasteiger partial charge is 0.481 e. The van der Waals surface area contributed by atoms with Crippen LogP contribution in [0, 0.1) is 12.8 Å². The van der Waals surface area contributed by atoms with Crippen LogP contribution in [0.2, 0.25) is 0 Å². The number of sulfonamides is 1. The summed E-state index contributed by atoms with van der Waals surface area (Å²) in [6.45, 7) is 1.69. The van der Waals surface area contributed by atoms with Gasteiger partial charge in [-0.25, -0.2) is 18.1 Å². The van der Waals surface area contributed by atoms with E-state index in [0.717, 1.165) is 0 Å². The zero-order chi connectivity index (χ0) is 15.9. The molecular weight excluding hydrogens is 310 g/mol. The van der Waals surface area contributed by atoms with Crippen LogP contribution >= 0.6 is 0 Å². The topological polar surface area (TPSA) is 122 Å². The van der Waals surface area contributed by atoms with Crippen molar-refractivity contribution >= 4 is 27.1 Å². The summed E-state index contributed by atoms with van der Waals surface area (Å²) in [7, 11) is -3.81. The summed E-state index contributed by atoms with van der Waals surface area (Å²) in [6, 6.07) is 0.884. The minimum absolute atomic E-state index is 0.0153. The molecule has 1 aliphatic carbocycles. The van der Waals surface area contributed by atoms with E-state index in [1.807, 2.05) is 0 Å². The predicted octanol–water partition coefficient (Wildman–Crippen LogP) is 0.839. The highest BCUT2D eigenvalue weighted by Crippen LogP contribution is 2.22. The highest BCUT2D eigenvalue weighted by atomic mass is 32.2. The van der Waals surface area contributed by atoms with Gasteiger partial charge in [-0.05, 0) is 19.4 Å². The van der Waals surface area contributed by atoms with Gasteiger partial charge in [-0.15, -0.1) is 0 Å². The summed E-state index contributed by atoms with van der Waals surface area (Å²) in [6.07, 6.45) is 4.41. The van der Waals surface area contributed by atoms with Crippen LogP contribution in [-0.4, -0.2) is 35.7 Å². The second kappa shape index (κ2) is 5.18. The van der Waals surface area contributed by atoms with Crippen molar-refractivity contribution in [1.29, 1.82) is 0 Å². The lowest BCUT2D eigenvalue weighted by Crippen LogP contribution is -2.33. The zero-order valence-electron chi connectivity index (χ0n) is 11.6. The van der Waals surface area contributed by atoms with Crippen molar-refractivity contribution in [2.24, 2.45) is 5.92 Å². The van der Waals surface area contributed by atoms with Gasteiger partial charge in [0.05, 0.1) is 23.2 Å². The number of pyridine rings is 1. The fourth-order valence-corrected chi connectivity index (χ4v) is 3.48. The van der Waals surface area contributed by atoms with Crippen molar-refractivity contribution in [3.8, 4) is 0 Å². The summed E-state index contributed by atoms with van der Waals surface area (Å²) < 4.78 is 32.1. The minimum atomic E-state index is -3.81. The Labute approximate surface area is 125 Å². The zero-order valence-corrected chi connectivity index (χ0v) is 12.4. The number of carbonyl (C=O) groups is 1. The number of rotatable bonds is 4. The van der Waals surface area contributed by atoms with Crippen molar-refractivity contribution in [1.82, 2.24) is 14.9 Å². The van der Waals surface area contributed by atoms with Crippen molar-refractivity contribution in [2.45, 2.75) is 24.3 Å². The first-order chi connectivity index (χ1) is 10.4. The van der Waals surface area contributed by atoms with E-state index in [0.29, 0.717) is 11.1 Å². The fourth-order valence-electron chi connectivity index (χ4n) is 2.31. The Kier molecular flexibility index (Phi) is 3.45. The first-order valence-corrected chi connectivity index (χ1v) is 8.00. The highest BCUT2D eigenvalue weighted by molar-refractivity contribution is 7.89. The van der Waals surface area contributed by atoms with Crippen LogP contribution in [0.25, 0.3) is 11.1 Å². The summed E-state index contributed by atoms with van der Waals surface area (Å²) in [4.78, 5) is 14.8. The number of aliphatic carboxylic acids is 1. The lowest BCUT2D eigenvalue weighted by molar-refractivity contribution is -0.140. The molecule has 1 aliphatic rings. The molecule has 9 heteroatoms. The van der Waals surface area contributed by atoms with Crippen LogP contribution in [0.4, 0.5) is 0 Å². The Morgan fingerprint density at radius 3 is 2.91 bits per heavy atom. The standard InChI is InChI=1S/C13H13N3O5S/c1-7-11-5-10(6-14-12(11)21-15-7)22(19,20)16-9-3-2-8(4-9)13(17)18/h2-3,5-6,8-9,16H,4H2,1H3,(H,17,18). The Bertz CT molecular complexity index is 871. The molecule has 2 heterocycles. The molecule has 0 saturated heterocycles. The number of nitrogens with one attached hydrogen (secondary N) is 1. The van der Waals surface area contributed by atoms with Gasteiger partial charge < -0.3 is 9.63 Å². The second-order valence-electron chi connectivity index (χ2n) is 5.08. The molecule has 2 aromatic heterocycles. The molecule has 0 spiro atoms. The maximum atomic E-state index is 12.4. The third-order valence-electron chi connectivity index (χ3n) is 3.50. The van der Waals surface area contributed by atoms with E-state index >= 15 is 0 Å². The number of nitrogens with zero attached hydrogens (tertiary/aromatic N) is 2. The number of aromatic nitrogens is 2. The Morgan fingerprint density at radius 2 is 2.23 bits per heavy atom. The molecule has 2 unspecified atom stereocenters. The van der Waals surface area contributed by atoms with Crippen molar-refractivity contribution in [2.75, 3.05) is 0 Å². The molecule has 0 amide bonds. The molecule has 0 fully saturated rings. The van der Waals surface area contributed by atoms with Crippen molar-refractivity contribution in [3.63, 3.8) is 0 Å². The first-order valence-electron chi connectivity index (χ1n) is 6.52. The average Bonchev–Trinajstić information content (AvgIpc) is 3.06. The number of hydrogen-bond donors (Lipinski definition) is 2. The first kappa shape index (κ1) is 14.7. The van der Waals surface area contributed by atoms with E-state index in [2.05, 4.69) is 14.9 Å². The van der Waals surface area contributed by atoms with Crippen LogP contribution in [0.5, 0.6) is 0 Å². The molecule has 2 N–H and O–H groups in total. The maximum Gasteiger partial charge on any atom is 0.310 e. The number of carboxylic acids is 1. The SMILES string of the molecule is Cc1noc2ncc(S(=O)(=O)NC3C=CC(C(=O)O)C3)cc12. The van der Waals surface area contributed by atoms with E-state index < -0.39 is 28.0 Å². The smallest absolute Gasteiger partial charge is 0.310 e. The molecule has 0 bridgehead atoms. The summed E-state index contributed by atoms with van der Waals surface area (Å²) in [5.41, 5.74) is 0.814. The molecule has 0 radical (unpaired) electrons. The summed E-state index contributed by atoms with van der Waals surface area (Å²) >= 11 is 0. The van der Waals surface area contributed by atoms with Gasteiger partial charge in [0.15, 0.2) is 0 Å². The Hall–Kier alpha value is -2.26. The third-order valence-corrected chi connectivity index (χ3v) is 4.96. The second-order valence-corrected chi connectivity index (χ2v) is 6.80. The van der Waals surface area contributed by atoms with Crippen molar-refractivity contribution in [3.05, 3.63) is 30.1 Å². The third kappa shape index (κ3) is 2.60. The van der Waals surface area contributed by atoms with Gasteiger partial charge in [0.25, 0.3) is 5.71 Å². The normalized spacial score (nSPS) is 21.5. The quantitative estimate of drug-likeness (QED) is 0.799. The van der Waals surface area contributed by atoms with E-state index in [9.17, 15) is 13.2 Å². The molecular formula is C13H13N3O5S. The number of aryl methyl sites for hydroxylation is 1. The monoisotopic (exact) mass is 323 g/mol. The minimum Gasteiger partial charge on any atom is -0.481 e. The summed E-state index contributed by atoms with van der Waals surface area (Å²) in [5.74, 6) is -1.64. The van der Waals surface area contributed by atoms with E-state index in [1.165, 1.54) is 18.3 Å². The molecule has 3 rings (SSSR count). The molecule has 116 valence electrons. The molecule has 0 aromatic carbocycles. The fraction of sp³-hybridized carbons (Fsp3) is 0.308. The van der Waals surface area contributed by atoms with Gasteiger partial charge in [-0.2, -0.15) is 0 Å². The van der Waals surface area contributed by atoms with Gasteiger partial charge in [0.2, 0.25) is 10.0 Å². The lowest BCUT2D eigenvalue weighted by Gasteiger charge is -2.12. The van der Waals surface area contributed by atoms with Crippen molar-refractivity contribution < 1.29 is 22.8 Å². The maximum absolute atomic E-state index is 12.4. The number of hydrogen-bond acceptors (Lipinski definition) is 6. The van der Waals surface area contributed by atoms with E-state index in [-0.39, 0.29) is 17.0 Å². The molecule has 0 aliphatic heterocycles. The van der Waals surface area contributed by atoms with Gasteiger partial charge in [-0.3, -0.25) is 4.79 Å². The van der Waals surface area contributed by atoms with Gasteiger partial charge in [0.1, 0.15) is 4.90 Å². The summed E-state index contributed by atoms with van der Waals surface area (Å²) in [5, 5.41) is 13.2. The Balaban J connectivity index is 1.84. The van der Waals surface area contributed by atoms with Gasteiger partial charge in [0, 0.05) is 6.04 Å². The molecule has 0 saturated carbocycles. The molecule has 22 heavy (non-hydrogen) atoms. The van der Waals surface area contributed by atoms with Gasteiger partial charge in [-0.1, -0.05) is 17.3 Å². The van der Waals surface area contributed by atoms with Crippen LogP contribution in [0.3, 0.4) is 0 Å². The van der Waals surface area contributed by atoms with Crippen LogP contribution in [-0.2, 0) is 14.8 Å². The Morgan fingerprint density at radius 1 is 1.45 bits per heavy atom. The average molecular weight is 323 g/mol.